The van der Waals surface area contributed by atoms with Gasteiger partial charge in [0.05, 0.1) is 36.7 Å². The largest absolute Gasteiger partial charge is 0.376 e. The normalized spacial score (nSPS) is 28.6. The third-order valence-electron chi connectivity index (χ3n) is 4.55. The van der Waals surface area contributed by atoms with Gasteiger partial charge in [-0.2, -0.15) is 0 Å². The van der Waals surface area contributed by atoms with Crippen LogP contribution in [0, 0.1) is 0 Å². The van der Waals surface area contributed by atoms with Gasteiger partial charge in [0.2, 0.25) is 0 Å². The topological polar surface area (TPSA) is 83.7 Å². The first-order valence-electron chi connectivity index (χ1n) is 8.24. The zero-order valence-corrected chi connectivity index (χ0v) is 15.1. The molecule has 1 aromatic heterocycles. The zero-order chi connectivity index (χ0) is 18.2. The number of morpholine rings is 1. The highest BCUT2D eigenvalue weighted by molar-refractivity contribution is 7.15. The van der Waals surface area contributed by atoms with Crippen LogP contribution in [-0.2, 0) is 4.74 Å². The lowest BCUT2D eigenvalue weighted by atomic mass is 10.1. The number of carbonyl (C=O) groups is 1. The molecule has 2 aliphatic rings. The number of amides is 2. The number of alkyl halides is 2. The second-order valence-electron chi connectivity index (χ2n) is 6.71. The smallest absolute Gasteiger partial charge is 0.318 e. The molecule has 3 heterocycles. The number of urea groups is 1. The molecule has 0 saturated carbocycles. The van der Waals surface area contributed by atoms with E-state index in [0.717, 1.165) is 0 Å². The highest BCUT2D eigenvalue weighted by Crippen LogP contribution is 2.33. The molecule has 10 heteroatoms. The number of thiazole rings is 1. The van der Waals surface area contributed by atoms with Crippen molar-refractivity contribution in [2.45, 2.75) is 38.0 Å². The summed E-state index contributed by atoms with van der Waals surface area (Å²) in [5.41, 5.74) is 5.72. The minimum atomic E-state index is -2.97. The molecule has 0 aliphatic carbocycles. The average molecular weight is 375 g/mol. The molecule has 7 nitrogen and oxygen atoms in total. The van der Waals surface area contributed by atoms with Crippen molar-refractivity contribution in [3.8, 4) is 0 Å². The molecule has 140 valence electrons. The van der Waals surface area contributed by atoms with E-state index < -0.39 is 31.1 Å². The molecule has 25 heavy (non-hydrogen) atoms. The van der Waals surface area contributed by atoms with Gasteiger partial charge < -0.3 is 20.7 Å². The number of nitrogens with two attached hydrogens (primary N) is 1. The first-order chi connectivity index (χ1) is 11.7. The van der Waals surface area contributed by atoms with Gasteiger partial charge in [0.25, 0.3) is 5.92 Å². The van der Waals surface area contributed by atoms with Gasteiger partial charge in [-0.1, -0.05) is 0 Å². The highest BCUT2D eigenvalue weighted by atomic mass is 32.1. The second kappa shape index (κ2) is 7.00. The quantitative estimate of drug-likeness (QED) is 0.834. The molecule has 1 unspecified atom stereocenters. The SMILES string of the molecule is C[C@@H]1CN(CC(c2cnc(N)s2)N2CC(F)(F)CNC2=O)[C@H](C)CO1. The van der Waals surface area contributed by atoms with Gasteiger partial charge >= 0.3 is 6.03 Å². The third-order valence-corrected chi connectivity index (χ3v) is 5.48. The second-order valence-corrected chi connectivity index (χ2v) is 7.80. The van der Waals surface area contributed by atoms with E-state index in [0.29, 0.717) is 29.7 Å². The Balaban J connectivity index is 1.86. The third kappa shape index (κ3) is 4.18. The lowest BCUT2D eigenvalue weighted by Gasteiger charge is -2.43. The molecule has 2 fully saturated rings. The minimum absolute atomic E-state index is 0.0556. The predicted octanol–water partition coefficient (Wildman–Crippen LogP) is 1.54. The van der Waals surface area contributed by atoms with Crippen LogP contribution in [0.5, 0.6) is 0 Å². The van der Waals surface area contributed by atoms with Gasteiger partial charge in [-0.3, -0.25) is 4.90 Å². The van der Waals surface area contributed by atoms with Gasteiger partial charge in [-0.25, -0.2) is 18.6 Å². The summed E-state index contributed by atoms with van der Waals surface area (Å²) in [6, 6.07) is -0.886. The highest BCUT2D eigenvalue weighted by Gasteiger charge is 2.43. The molecule has 2 saturated heterocycles. The molecule has 1 aromatic rings. The Hall–Kier alpha value is -1.52. The molecule has 2 amide bonds. The molecule has 3 atom stereocenters. The first-order valence-corrected chi connectivity index (χ1v) is 9.06. The van der Waals surface area contributed by atoms with Crippen molar-refractivity contribution in [1.82, 2.24) is 20.1 Å². The Kier molecular flexibility index (Phi) is 5.12. The zero-order valence-electron chi connectivity index (χ0n) is 14.2. The maximum absolute atomic E-state index is 13.9. The molecule has 0 bridgehead atoms. The fraction of sp³-hybridized carbons (Fsp3) is 0.733. The van der Waals surface area contributed by atoms with Crippen LogP contribution in [0.15, 0.2) is 6.20 Å². The van der Waals surface area contributed by atoms with Gasteiger partial charge in [0.15, 0.2) is 5.13 Å². The number of nitrogen functional groups attached to an aromatic ring is 1. The summed E-state index contributed by atoms with van der Waals surface area (Å²) in [5.74, 6) is -2.97. The summed E-state index contributed by atoms with van der Waals surface area (Å²) >= 11 is 1.22. The van der Waals surface area contributed by atoms with E-state index in [9.17, 15) is 13.6 Å². The monoisotopic (exact) mass is 375 g/mol. The molecular formula is C15H23F2N5O2S. The van der Waals surface area contributed by atoms with Gasteiger partial charge in [0.1, 0.15) is 0 Å². The van der Waals surface area contributed by atoms with E-state index in [1.165, 1.54) is 16.2 Å². The number of aromatic nitrogens is 1. The molecule has 2 aliphatic heterocycles. The van der Waals surface area contributed by atoms with E-state index >= 15 is 0 Å². The molecule has 3 rings (SSSR count). The standard InChI is InChI=1S/C15H23F2N5O2S/c1-9-6-24-10(2)4-21(9)5-11(12-3-19-13(18)25-12)22-8-15(16,17)7-20-14(22)23/h3,9-11H,4-8H2,1-2H3,(H2,18,19)(H,20,23)/t9-,10-,11?/m1/s1. The fourth-order valence-corrected chi connectivity index (χ4v) is 3.97. The maximum Gasteiger partial charge on any atom is 0.318 e. The van der Waals surface area contributed by atoms with E-state index in [1.54, 1.807) is 6.20 Å². The van der Waals surface area contributed by atoms with Crippen LogP contribution >= 0.6 is 11.3 Å². The van der Waals surface area contributed by atoms with E-state index in [2.05, 4.69) is 15.2 Å². The van der Waals surface area contributed by atoms with Gasteiger partial charge in [0, 0.05) is 25.3 Å². The first kappa shape index (κ1) is 18.3. The number of nitrogens with zero attached hydrogens (tertiary/aromatic N) is 3. The maximum atomic E-state index is 13.9. The number of anilines is 1. The number of carbonyl (C=O) groups excluding carboxylic acids is 1. The van der Waals surface area contributed by atoms with Crippen molar-refractivity contribution >= 4 is 22.5 Å². The average Bonchev–Trinajstić information content (AvgIpc) is 2.97. The summed E-state index contributed by atoms with van der Waals surface area (Å²) in [6.45, 7) is 4.43. The molecule has 0 radical (unpaired) electrons. The van der Waals surface area contributed by atoms with Crippen molar-refractivity contribution in [1.29, 1.82) is 0 Å². The Labute approximate surface area is 149 Å². The number of halogens is 2. The Morgan fingerprint density at radius 2 is 2.32 bits per heavy atom. The number of hydrogen-bond donors (Lipinski definition) is 2. The molecule has 0 spiro atoms. The van der Waals surface area contributed by atoms with E-state index in [-0.39, 0.29) is 12.1 Å². The van der Waals surface area contributed by atoms with Crippen LogP contribution in [0.1, 0.15) is 24.8 Å². The molecule has 0 aromatic carbocycles. The van der Waals surface area contributed by atoms with Crippen LogP contribution < -0.4 is 11.1 Å². The van der Waals surface area contributed by atoms with Crippen molar-refractivity contribution in [3.63, 3.8) is 0 Å². The van der Waals surface area contributed by atoms with Crippen molar-refractivity contribution < 1.29 is 18.3 Å². The lowest BCUT2D eigenvalue weighted by Crippen LogP contribution is -2.59. The summed E-state index contributed by atoms with van der Waals surface area (Å²) in [6.07, 6.45) is 1.62. The van der Waals surface area contributed by atoms with Crippen LogP contribution in [-0.4, -0.2) is 71.7 Å². The van der Waals surface area contributed by atoms with E-state index in [4.69, 9.17) is 10.5 Å². The Morgan fingerprint density at radius 3 is 3.00 bits per heavy atom. The number of ether oxygens (including phenoxy) is 1. The van der Waals surface area contributed by atoms with E-state index in [1.807, 2.05) is 13.8 Å². The number of nitrogens with one attached hydrogen (secondary N) is 1. The van der Waals surface area contributed by atoms with Gasteiger partial charge in [-0.15, -0.1) is 11.3 Å². The van der Waals surface area contributed by atoms with Crippen LogP contribution in [0.2, 0.25) is 0 Å². The summed E-state index contributed by atoms with van der Waals surface area (Å²) in [7, 11) is 0. The molecule has 3 N–H and O–H groups in total. The van der Waals surface area contributed by atoms with Crippen molar-refractivity contribution in [2.75, 3.05) is 38.5 Å². The summed E-state index contributed by atoms with van der Waals surface area (Å²) in [4.78, 5) is 20.4. The lowest BCUT2D eigenvalue weighted by molar-refractivity contribution is -0.0698. The van der Waals surface area contributed by atoms with Gasteiger partial charge in [-0.05, 0) is 13.8 Å². The molecular weight excluding hydrogens is 352 g/mol. The summed E-state index contributed by atoms with van der Waals surface area (Å²) < 4.78 is 33.4. The van der Waals surface area contributed by atoms with Crippen molar-refractivity contribution in [2.24, 2.45) is 0 Å². The Bertz CT molecular complexity index is 629. The number of hydrogen-bond acceptors (Lipinski definition) is 6. The fourth-order valence-electron chi connectivity index (χ4n) is 3.18. The predicted molar refractivity (Wildman–Crippen MR) is 90.8 cm³/mol. The number of rotatable bonds is 4. The van der Waals surface area contributed by atoms with Crippen LogP contribution in [0.4, 0.5) is 18.7 Å². The Morgan fingerprint density at radius 1 is 1.56 bits per heavy atom. The van der Waals surface area contributed by atoms with Crippen LogP contribution in [0.3, 0.4) is 0 Å². The minimum Gasteiger partial charge on any atom is -0.376 e. The summed E-state index contributed by atoms with van der Waals surface area (Å²) in [5, 5.41) is 2.64. The van der Waals surface area contributed by atoms with Crippen molar-refractivity contribution in [3.05, 3.63) is 11.1 Å². The van der Waals surface area contributed by atoms with Crippen LogP contribution in [0.25, 0.3) is 0 Å².